The molecule has 0 saturated carbocycles. The van der Waals surface area contributed by atoms with Crippen molar-refractivity contribution in [2.45, 2.75) is 26.7 Å². The standard InChI is InChI=1S/C16H27NO3/c1-3-5-9-17-10-11-18-12-13-20-16-8-6-7-15(14-16)19-4-2/h6-8,14,17H,3-5,9-13H2,1-2H3/p+1. The molecular formula is C16H28NO3+. The summed E-state index contributed by atoms with van der Waals surface area (Å²) in [4.78, 5) is 0. The Balaban J connectivity index is 2.02. The summed E-state index contributed by atoms with van der Waals surface area (Å²) in [7, 11) is 0. The lowest BCUT2D eigenvalue weighted by molar-refractivity contribution is -0.656. The van der Waals surface area contributed by atoms with Gasteiger partial charge in [-0.05, 0) is 25.5 Å². The molecule has 0 saturated heterocycles. The highest BCUT2D eigenvalue weighted by Gasteiger charge is 1.97. The molecule has 0 aromatic heterocycles. The first-order valence-electron chi connectivity index (χ1n) is 7.62. The minimum Gasteiger partial charge on any atom is -0.494 e. The van der Waals surface area contributed by atoms with Crippen molar-refractivity contribution >= 4 is 0 Å². The number of unbranched alkanes of at least 4 members (excludes halogenated alkanes) is 1. The van der Waals surface area contributed by atoms with E-state index in [4.69, 9.17) is 14.2 Å². The van der Waals surface area contributed by atoms with Gasteiger partial charge in [0.2, 0.25) is 0 Å². The van der Waals surface area contributed by atoms with E-state index in [-0.39, 0.29) is 0 Å². The van der Waals surface area contributed by atoms with Gasteiger partial charge in [0.25, 0.3) is 0 Å². The third-order valence-electron chi connectivity index (χ3n) is 2.84. The fourth-order valence-corrected chi connectivity index (χ4v) is 1.80. The molecule has 0 aliphatic carbocycles. The SMILES string of the molecule is CCCC[NH2+]CCOCCOc1cccc(OCC)c1. The van der Waals surface area contributed by atoms with Crippen LogP contribution in [0, 0.1) is 0 Å². The first kappa shape index (κ1) is 16.8. The number of quaternary nitrogens is 1. The number of nitrogens with two attached hydrogens (primary N) is 1. The topological polar surface area (TPSA) is 44.3 Å². The molecule has 0 radical (unpaired) electrons. The highest BCUT2D eigenvalue weighted by Crippen LogP contribution is 2.19. The van der Waals surface area contributed by atoms with Gasteiger partial charge >= 0.3 is 0 Å². The van der Waals surface area contributed by atoms with Crippen molar-refractivity contribution in [2.75, 3.05) is 39.5 Å². The van der Waals surface area contributed by atoms with E-state index in [1.165, 1.54) is 19.4 Å². The van der Waals surface area contributed by atoms with Gasteiger partial charge in [-0.15, -0.1) is 0 Å². The summed E-state index contributed by atoms with van der Waals surface area (Å²) in [6.45, 7) is 9.06. The molecule has 4 heteroatoms. The fraction of sp³-hybridized carbons (Fsp3) is 0.625. The van der Waals surface area contributed by atoms with Crippen molar-refractivity contribution in [3.05, 3.63) is 24.3 Å². The third-order valence-corrected chi connectivity index (χ3v) is 2.84. The smallest absolute Gasteiger partial charge is 0.123 e. The molecule has 0 fully saturated rings. The Bertz CT molecular complexity index is 344. The zero-order chi connectivity index (χ0) is 14.5. The van der Waals surface area contributed by atoms with Crippen LogP contribution >= 0.6 is 0 Å². The summed E-state index contributed by atoms with van der Waals surface area (Å²) in [5.41, 5.74) is 0. The molecule has 1 aromatic rings. The normalized spacial score (nSPS) is 10.5. The first-order valence-corrected chi connectivity index (χ1v) is 7.62. The predicted octanol–water partition coefficient (Wildman–Crippen LogP) is 1.84. The zero-order valence-corrected chi connectivity index (χ0v) is 12.8. The van der Waals surface area contributed by atoms with E-state index in [0.29, 0.717) is 19.8 Å². The van der Waals surface area contributed by atoms with Crippen molar-refractivity contribution in [3.8, 4) is 11.5 Å². The third kappa shape index (κ3) is 8.02. The Kier molecular flexibility index (Phi) is 9.70. The quantitative estimate of drug-likeness (QED) is 0.595. The van der Waals surface area contributed by atoms with Gasteiger partial charge < -0.3 is 19.5 Å². The number of rotatable bonds is 12. The maximum Gasteiger partial charge on any atom is 0.123 e. The average molecular weight is 282 g/mol. The Morgan fingerprint density at radius 1 is 0.950 bits per heavy atom. The van der Waals surface area contributed by atoms with Crippen molar-refractivity contribution in [2.24, 2.45) is 0 Å². The Morgan fingerprint density at radius 3 is 2.50 bits per heavy atom. The summed E-state index contributed by atoms with van der Waals surface area (Å²) in [6, 6.07) is 7.70. The van der Waals surface area contributed by atoms with Crippen molar-refractivity contribution in [1.29, 1.82) is 0 Å². The molecule has 0 aliphatic rings. The van der Waals surface area contributed by atoms with E-state index in [2.05, 4.69) is 12.2 Å². The van der Waals surface area contributed by atoms with Gasteiger partial charge in [0, 0.05) is 6.07 Å². The van der Waals surface area contributed by atoms with E-state index in [0.717, 1.165) is 24.7 Å². The number of hydrogen-bond acceptors (Lipinski definition) is 3. The zero-order valence-electron chi connectivity index (χ0n) is 12.8. The lowest BCUT2D eigenvalue weighted by Gasteiger charge is -2.09. The van der Waals surface area contributed by atoms with Crippen LogP contribution in [-0.2, 0) is 4.74 Å². The van der Waals surface area contributed by atoms with Crippen LogP contribution in [0.1, 0.15) is 26.7 Å². The van der Waals surface area contributed by atoms with Crippen LogP contribution in [0.15, 0.2) is 24.3 Å². The molecule has 0 heterocycles. The van der Waals surface area contributed by atoms with Crippen LogP contribution in [0.25, 0.3) is 0 Å². The second-order valence-electron chi connectivity index (χ2n) is 4.59. The summed E-state index contributed by atoms with van der Waals surface area (Å²) in [5, 5.41) is 2.30. The first-order chi connectivity index (χ1) is 9.86. The van der Waals surface area contributed by atoms with E-state index < -0.39 is 0 Å². The molecule has 114 valence electrons. The molecule has 20 heavy (non-hydrogen) atoms. The van der Waals surface area contributed by atoms with Crippen LogP contribution in [0.2, 0.25) is 0 Å². The van der Waals surface area contributed by atoms with E-state index in [9.17, 15) is 0 Å². The molecule has 1 rings (SSSR count). The lowest BCUT2D eigenvalue weighted by Crippen LogP contribution is -2.85. The van der Waals surface area contributed by atoms with E-state index >= 15 is 0 Å². The molecule has 2 N–H and O–H groups in total. The van der Waals surface area contributed by atoms with Crippen molar-refractivity contribution < 1.29 is 19.5 Å². The van der Waals surface area contributed by atoms with Crippen LogP contribution in [0.5, 0.6) is 11.5 Å². The second-order valence-corrected chi connectivity index (χ2v) is 4.59. The summed E-state index contributed by atoms with van der Waals surface area (Å²) >= 11 is 0. The van der Waals surface area contributed by atoms with Crippen molar-refractivity contribution in [1.82, 2.24) is 0 Å². The molecular weight excluding hydrogens is 254 g/mol. The Hall–Kier alpha value is -1.26. The van der Waals surface area contributed by atoms with Gasteiger partial charge in [-0.1, -0.05) is 19.4 Å². The van der Waals surface area contributed by atoms with Gasteiger partial charge in [-0.2, -0.15) is 0 Å². The van der Waals surface area contributed by atoms with E-state index in [1.54, 1.807) is 0 Å². The molecule has 0 amide bonds. The Morgan fingerprint density at radius 2 is 1.75 bits per heavy atom. The molecule has 0 unspecified atom stereocenters. The number of ether oxygens (including phenoxy) is 3. The lowest BCUT2D eigenvalue weighted by atomic mass is 10.3. The molecule has 0 spiro atoms. The van der Waals surface area contributed by atoms with E-state index in [1.807, 2.05) is 31.2 Å². The molecule has 0 atom stereocenters. The second kappa shape index (κ2) is 11.6. The highest BCUT2D eigenvalue weighted by atomic mass is 16.5. The van der Waals surface area contributed by atoms with Crippen LogP contribution in [-0.4, -0.2) is 39.5 Å². The molecule has 1 aromatic carbocycles. The van der Waals surface area contributed by atoms with Crippen molar-refractivity contribution in [3.63, 3.8) is 0 Å². The monoisotopic (exact) mass is 282 g/mol. The number of benzene rings is 1. The largest absolute Gasteiger partial charge is 0.494 e. The molecule has 0 bridgehead atoms. The maximum atomic E-state index is 5.62. The minimum absolute atomic E-state index is 0.574. The van der Waals surface area contributed by atoms with Gasteiger partial charge in [-0.25, -0.2) is 0 Å². The predicted molar refractivity (Wildman–Crippen MR) is 80.5 cm³/mol. The van der Waals surface area contributed by atoms with Crippen LogP contribution in [0.3, 0.4) is 0 Å². The molecule has 0 aliphatic heterocycles. The average Bonchev–Trinajstić information content (AvgIpc) is 2.46. The van der Waals surface area contributed by atoms with Gasteiger partial charge in [0.1, 0.15) is 18.1 Å². The summed E-state index contributed by atoms with van der Waals surface area (Å²) < 4.78 is 16.6. The van der Waals surface area contributed by atoms with Gasteiger partial charge in [0.15, 0.2) is 0 Å². The minimum atomic E-state index is 0.574. The summed E-state index contributed by atoms with van der Waals surface area (Å²) in [6.07, 6.45) is 2.53. The highest BCUT2D eigenvalue weighted by molar-refractivity contribution is 5.32. The van der Waals surface area contributed by atoms with Gasteiger partial charge in [0.05, 0.1) is 32.9 Å². The van der Waals surface area contributed by atoms with Gasteiger partial charge in [-0.3, -0.25) is 0 Å². The van der Waals surface area contributed by atoms with Crippen LogP contribution < -0.4 is 14.8 Å². The van der Waals surface area contributed by atoms with Crippen LogP contribution in [0.4, 0.5) is 0 Å². The fourth-order valence-electron chi connectivity index (χ4n) is 1.80. The summed E-state index contributed by atoms with van der Waals surface area (Å²) in [5.74, 6) is 1.67. The maximum absolute atomic E-state index is 5.62. The number of hydrogen-bond donors (Lipinski definition) is 1. The Labute approximate surface area is 122 Å². The molecule has 4 nitrogen and oxygen atoms in total.